The van der Waals surface area contributed by atoms with E-state index in [9.17, 15) is 4.79 Å². The maximum absolute atomic E-state index is 11.0. The average Bonchev–Trinajstić information content (AvgIpc) is 2.34. The number of carbonyl (C=O) groups excluding carboxylic acids is 1. The van der Waals surface area contributed by atoms with Crippen LogP contribution in [0.25, 0.3) is 0 Å². The summed E-state index contributed by atoms with van der Waals surface area (Å²) in [6.07, 6.45) is 0. The standard InChI is InChI=1S/C8H11IN2O2/c1-5-8(9)6(2)11(10-5)4-7(12)13-3/h4H2,1-3H3. The third-order valence-electron chi connectivity index (χ3n) is 1.80. The first-order chi connectivity index (χ1) is 6.06. The van der Waals surface area contributed by atoms with Crippen LogP contribution in [0, 0.1) is 17.4 Å². The molecule has 4 nitrogen and oxygen atoms in total. The molecule has 5 heteroatoms. The smallest absolute Gasteiger partial charge is 0.327 e. The number of carbonyl (C=O) groups is 1. The summed E-state index contributed by atoms with van der Waals surface area (Å²) in [6, 6.07) is 0. The molecule has 1 aromatic heterocycles. The molecule has 1 aromatic rings. The van der Waals surface area contributed by atoms with Crippen molar-refractivity contribution in [2.45, 2.75) is 20.4 Å². The Hall–Kier alpha value is -0.590. The third-order valence-corrected chi connectivity index (χ3v) is 3.36. The molecule has 0 spiro atoms. The Morgan fingerprint density at radius 3 is 2.62 bits per heavy atom. The van der Waals surface area contributed by atoms with Crippen molar-refractivity contribution in [3.63, 3.8) is 0 Å². The molecule has 0 aliphatic carbocycles. The molecule has 0 aliphatic rings. The van der Waals surface area contributed by atoms with Gasteiger partial charge in [-0.2, -0.15) is 5.10 Å². The fraction of sp³-hybridized carbons (Fsp3) is 0.500. The summed E-state index contributed by atoms with van der Waals surface area (Å²) in [7, 11) is 1.37. The van der Waals surface area contributed by atoms with Gasteiger partial charge in [0.25, 0.3) is 0 Å². The summed E-state index contributed by atoms with van der Waals surface area (Å²) in [5, 5.41) is 4.21. The molecule has 0 atom stereocenters. The predicted molar refractivity (Wildman–Crippen MR) is 56.4 cm³/mol. The topological polar surface area (TPSA) is 44.1 Å². The molecule has 0 saturated heterocycles. The van der Waals surface area contributed by atoms with E-state index in [2.05, 4.69) is 32.4 Å². The lowest BCUT2D eigenvalue weighted by Gasteiger charge is -2.01. The van der Waals surface area contributed by atoms with Crippen LogP contribution < -0.4 is 0 Å². The number of halogens is 1. The van der Waals surface area contributed by atoms with Gasteiger partial charge < -0.3 is 4.74 Å². The lowest BCUT2D eigenvalue weighted by Crippen LogP contribution is -2.13. The van der Waals surface area contributed by atoms with E-state index in [0.717, 1.165) is 15.0 Å². The van der Waals surface area contributed by atoms with E-state index in [1.165, 1.54) is 7.11 Å². The number of methoxy groups -OCH3 is 1. The Labute approximate surface area is 90.4 Å². The molecule has 0 radical (unpaired) electrons. The van der Waals surface area contributed by atoms with Gasteiger partial charge >= 0.3 is 5.97 Å². The molecule has 0 bridgehead atoms. The minimum atomic E-state index is -0.276. The molecule has 0 saturated carbocycles. The minimum absolute atomic E-state index is 0.187. The Morgan fingerprint density at radius 1 is 1.62 bits per heavy atom. The van der Waals surface area contributed by atoms with Crippen molar-refractivity contribution in [2.75, 3.05) is 7.11 Å². The van der Waals surface area contributed by atoms with E-state index in [4.69, 9.17) is 0 Å². The molecule has 0 N–H and O–H groups in total. The molecule has 0 aromatic carbocycles. The molecule has 1 heterocycles. The van der Waals surface area contributed by atoms with Gasteiger partial charge in [-0.05, 0) is 36.4 Å². The van der Waals surface area contributed by atoms with Crippen LogP contribution in [0.4, 0.5) is 0 Å². The summed E-state index contributed by atoms with van der Waals surface area (Å²) >= 11 is 2.21. The first-order valence-corrected chi connectivity index (χ1v) is 4.90. The summed E-state index contributed by atoms with van der Waals surface area (Å²) in [4.78, 5) is 11.0. The van der Waals surface area contributed by atoms with Crippen molar-refractivity contribution in [3.05, 3.63) is 15.0 Å². The largest absolute Gasteiger partial charge is 0.468 e. The highest BCUT2D eigenvalue weighted by molar-refractivity contribution is 14.1. The Kier molecular flexibility index (Phi) is 3.29. The second-order valence-corrected chi connectivity index (χ2v) is 3.80. The Bertz CT molecular complexity index is 333. The van der Waals surface area contributed by atoms with Crippen LogP contribution in [0.1, 0.15) is 11.4 Å². The zero-order chi connectivity index (χ0) is 10.0. The molecule has 0 fully saturated rings. The SMILES string of the molecule is COC(=O)Cn1nc(C)c(I)c1C. The normalized spacial score (nSPS) is 10.2. The van der Waals surface area contributed by atoms with Gasteiger partial charge in [0.2, 0.25) is 0 Å². The zero-order valence-corrected chi connectivity index (χ0v) is 9.95. The first-order valence-electron chi connectivity index (χ1n) is 3.82. The molecule has 13 heavy (non-hydrogen) atoms. The molecule has 0 aliphatic heterocycles. The average molecular weight is 294 g/mol. The number of aryl methyl sites for hydroxylation is 1. The van der Waals surface area contributed by atoms with Gasteiger partial charge in [0, 0.05) is 5.69 Å². The van der Waals surface area contributed by atoms with Crippen LogP contribution in [0.3, 0.4) is 0 Å². The number of esters is 1. The van der Waals surface area contributed by atoms with Crippen LogP contribution >= 0.6 is 22.6 Å². The minimum Gasteiger partial charge on any atom is -0.468 e. The van der Waals surface area contributed by atoms with E-state index in [1.54, 1.807) is 4.68 Å². The van der Waals surface area contributed by atoms with Crippen molar-refractivity contribution in [2.24, 2.45) is 0 Å². The van der Waals surface area contributed by atoms with Gasteiger partial charge in [-0.1, -0.05) is 0 Å². The first kappa shape index (κ1) is 10.5. The quantitative estimate of drug-likeness (QED) is 0.609. The van der Waals surface area contributed by atoms with Crippen LogP contribution in [-0.4, -0.2) is 22.9 Å². The molecule has 0 amide bonds. The van der Waals surface area contributed by atoms with Crippen LogP contribution in [-0.2, 0) is 16.1 Å². The lowest BCUT2D eigenvalue weighted by atomic mass is 10.4. The van der Waals surface area contributed by atoms with E-state index in [0.29, 0.717) is 0 Å². The highest BCUT2D eigenvalue weighted by atomic mass is 127. The van der Waals surface area contributed by atoms with E-state index in [-0.39, 0.29) is 12.5 Å². The lowest BCUT2D eigenvalue weighted by molar-refractivity contribution is -0.141. The highest BCUT2D eigenvalue weighted by Gasteiger charge is 2.11. The van der Waals surface area contributed by atoms with Gasteiger partial charge in [0.05, 0.1) is 16.4 Å². The number of aromatic nitrogens is 2. The fourth-order valence-corrected chi connectivity index (χ4v) is 1.40. The molecular formula is C8H11IN2O2. The Balaban J connectivity index is 2.90. The maximum Gasteiger partial charge on any atom is 0.327 e. The second kappa shape index (κ2) is 4.08. The number of hydrogen-bond acceptors (Lipinski definition) is 3. The number of nitrogens with zero attached hydrogens (tertiary/aromatic N) is 2. The van der Waals surface area contributed by atoms with Crippen molar-refractivity contribution in [3.8, 4) is 0 Å². The van der Waals surface area contributed by atoms with E-state index < -0.39 is 0 Å². The van der Waals surface area contributed by atoms with Crippen LogP contribution in [0.15, 0.2) is 0 Å². The van der Waals surface area contributed by atoms with Gasteiger partial charge in [-0.15, -0.1) is 0 Å². The van der Waals surface area contributed by atoms with Gasteiger partial charge in [-0.25, -0.2) is 0 Å². The van der Waals surface area contributed by atoms with Gasteiger partial charge in [-0.3, -0.25) is 9.48 Å². The second-order valence-electron chi connectivity index (χ2n) is 2.72. The third kappa shape index (κ3) is 2.20. The number of ether oxygens (including phenoxy) is 1. The summed E-state index contributed by atoms with van der Waals surface area (Å²) in [6.45, 7) is 4.04. The van der Waals surface area contributed by atoms with Crippen molar-refractivity contribution in [1.29, 1.82) is 0 Å². The van der Waals surface area contributed by atoms with E-state index in [1.807, 2.05) is 13.8 Å². The number of hydrogen-bond donors (Lipinski definition) is 0. The predicted octanol–water partition coefficient (Wildman–Crippen LogP) is 1.28. The summed E-state index contributed by atoms with van der Waals surface area (Å²) < 4.78 is 7.31. The van der Waals surface area contributed by atoms with Crippen LogP contribution in [0.5, 0.6) is 0 Å². The molecule has 0 unspecified atom stereocenters. The summed E-state index contributed by atoms with van der Waals surface area (Å²) in [5.41, 5.74) is 1.95. The molecule has 1 rings (SSSR count). The fourth-order valence-electron chi connectivity index (χ4n) is 1.02. The maximum atomic E-state index is 11.0. The van der Waals surface area contributed by atoms with Gasteiger partial charge in [0.15, 0.2) is 0 Å². The highest BCUT2D eigenvalue weighted by Crippen LogP contribution is 2.14. The number of rotatable bonds is 2. The van der Waals surface area contributed by atoms with Gasteiger partial charge in [0.1, 0.15) is 6.54 Å². The molecule has 72 valence electrons. The molecular weight excluding hydrogens is 283 g/mol. The van der Waals surface area contributed by atoms with Crippen LogP contribution in [0.2, 0.25) is 0 Å². The zero-order valence-electron chi connectivity index (χ0n) is 7.80. The van der Waals surface area contributed by atoms with Crippen molar-refractivity contribution < 1.29 is 9.53 Å². The summed E-state index contributed by atoms with van der Waals surface area (Å²) in [5.74, 6) is -0.276. The van der Waals surface area contributed by atoms with E-state index >= 15 is 0 Å². The van der Waals surface area contributed by atoms with Crippen molar-refractivity contribution >= 4 is 28.6 Å². The monoisotopic (exact) mass is 294 g/mol. The van der Waals surface area contributed by atoms with Crippen molar-refractivity contribution in [1.82, 2.24) is 9.78 Å². The Morgan fingerprint density at radius 2 is 2.23 bits per heavy atom.